The van der Waals surface area contributed by atoms with Crippen molar-refractivity contribution in [2.24, 2.45) is 0 Å². The molecule has 37 heavy (non-hydrogen) atoms. The van der Waals surface area contributed by atoms with Gasteiger partial charge in [-0.15, -0.1) is 0 Å². The highest BCUT2D eigenvalue weighted by atomic mass is 16.2. The van der Waals surface area contributed by atoms with Crippen LogP contribution in [0.25, 0.3) is 0 Å². The van der Waals surface area contributed by atoms with E-state index in [9.17, 15) is 4.79 Å². The molecule has 1 unspecified atom stereocenters. The SMILES string of the molecule is CC.CC/C(C(=O)NC(CC)(CC)c1ccc(C(C)C)cc1)=C1/NC(c2ccccc2)CC(C)(C)N1C. The highest BCUT2D eigenvalue weighted by molar-refractivity contribution is 5.94. The lowest BCUT2D eigenvalue weighted by Gasteiger charge is -2.48. The van der Waals surface area contributed by atoms with Gasteiger partial charge in [0.2, 0.25) is 0 Å². The van der Waals surface area contributed by atoms with E-state index >= 15 is 0 Å². The average Bonchev–Trinajstić information content (AvgIpc) is 2.91. The molecule has 2 aromatic carbocycles. The van der Waals surface area contributed by atoms with Crippen molar-refractivity contribution in [3.63, 3.8) is 0 Å². The lowest BCUT2D eigenvalue weighted by atomic mass is 9.83. The summed E-state index contributed by atoms with van der Waals surface area (Å²) >= 11 is 0. The Morgan fingerprint density at radius 3 is 2.08 bits per heavy atom. The molecule has 0 radical (unpaired) electrons. The largest absolute Gasteiger partial charge is 0.364 e. The molecular formula is C33H51N3O. The summed E-state index contributed by atoms with van der Waals surface area (Å²) in [4.78, 5) is 16.2. The fourth-order valence-electron chi connectivity index (χ4n) is 5.25. The van der Waals surface area contributed by atoms with Gasteiger partial charge in [0.25, 0.3) is 5.91 Å². The first kappa shape index (κ1) is 30.5. The smallest absolute Gasteiger partial charge is 0.251 e. The second-order valence-corrected chi connectivity index (χ2v) is 10.9. The zero-order valence-electron chi connectivity index (χ0n) is 25.0. The molecule has 1 fully saturated rings. The monoisotopic (exact) mass is 505 g/mol. The van der Waals surface area contributed by atoms with Crippen molar-refractivity contribution in [2.45, 2.75) is 111 Å². The van der Waals surface area contributed by atoms with Crippen molar-refractivity contribution < 1.29 is 4.79 Å². The molecule has 1 heterocycles. The molecule has 1 amide bonds. The van der Waals surface area contributed by atoms with E-state index in [-0.39, 0.29) is 17.5 Å². The second-order valence-electron chi connectivity index (χ2n) is 10.9. The van der Waals surface area contributed by atoms with Gasteiger partial charge in [0.15, 0.2) is 0 Å². The Balaban J connectivity index is 0.00000235. The normalized spacial score (nSPS) is 18.5. The first-order chi connectivity index (χ1) is 17.6. The topological polar surface area (TPSA) is 44.4 Å². The van der Waals surface area contributed by atoms with E-state index < -0.39 is 5.54 Å². The Kier molecular flexibility index (Phi) is 10.8. The summed E-state index contributed by atoms with van der Waals surface area (Å²) in [6.07, 6.45) is 3.30. The maximum absolute atomic E-state index is 13.9. The van der Waals surface area contributed by atoms with Crippen molar-refractivity contribution in [2.75, 3.05) is 7.05 Å². The number of hydrogen-bond acceptors (Lipinski definition) is 3. The second kappa shape index (κ2) is 13.2. The zero-order valence-corrected chi connectivity index (χ0v) is 25.0. The van der Waals surface area contributed by atoms with E-state index in [1.54, 1.807) is 0 Å². The average molecular weight is 506 g/mol. The molecule has 1 saturated heterocycles. The van der Waals surface area contributed by atoms with Crippen LogP contribution in [0.3, 0.4) is 0 Å². The van der Waals surface area contributed by atoms with Crippen molar-refractivity contribution >= 4 is 5.91 Å². The molecule has 0 aliphatic carbocycles. The van der Waals surface area contributed by atoms with Crippen LogP contribution in [0, 0.1) is 0 Å². The molecule has 0 saturated carbocycles. The lowest BCUT2D eigenvalue weighted by Crippen LogP contribution is -2.54. The summed E-state index contributed by atoms with van der Waals surface area (Å²) in [6.45, 7) is 19.3. The lowest BCUT2D eigenvalue weighted by molar-refractivity contribution is -0.120. The number of benzene rings is 2. The number of carbonyl (C=O) groups excluding carboxylic acids is 1. The Hall–Kier alpha value is -2.75. The summed E-state index contributed by atoms with van der Waals surface area (Å²) in [7, 11) is 2.10. The molecule has 4 heteroatoms. The molecule has 0 aromatic heterocycles. The minimum Gasteiger partial charge on any atom is -0.364 e. The number of carbonyl (C=O) groups is 1. The minimum atomic E-state index is -0.394. The van der Waals surface area contributed by atoms with Gasteiger partial charge in [0, 0.05) is 12.6 Å². The molecule has 2 aromatic rings. The fraction of sp³-hybridized carbons (Fsp3) is 0.545. The maximum atomic E-state index is 13.9. The quantitative estimate of drug-likeness (QED) is 0.357. The number of amides is 1. The molecular weight excluding hydrogens is 454 g/mol. The summed E-state index contributed by atoms with van der Waals surface area (Å²) in [5.74, 6) is 1.44. The number of rotatable bonds is 8. The van der Waals surface area contributed by atoms with Gasteiger partial charge >= 0.3 is 0 Å². The van der Waals surface area contributed by atoms with Crippen LogP contribution in [-0.2, 0) is 10.3 Å². The van der Waals surface area contributed by atoms with Crippen LogP contribution in [0.15, 0.2) is 66.0 Å². The van der Waals surface area contributed by atoms with Crippen molar-refractivity contribution in [3.05, 3.63) is 82.7 Å². The van der Waals surface area contributed by atoms with E-state index in [0.717, 1.165) is 30.7 Å². The predicted octanol–water partition coefficient (Wildman–Crippen LogP) is 8.03. The number of nitrogens with one attached hydrogen (secondary N) is 2. The predicted molar refractivity (Wildman–Crippen MR) is 158 cm³/mol. The highest BCUT2D eigenvalue weighted by Crippen LogP contribution is 2.37. The maximum Gasteiger partial charge on any atom is 0.251 e. The van der Waals surface area contributed by atoms with E-state index in [0.29, 0.717) is 12.3 Å². The van der Waals surface area contributed by atoms with Crippen molar-refractivity contribution in [1.82, 2.24) is 15.5 Å². The minimum absolute atomic E-state index is 0.0167. The van der Waals surface area contributed by atoms with Crippen molar-refractivity contribution in [1.29, 1.82) is 0 Å². The Bertz CT molecular complexity index is 1020. The van der Waals surface area contributed by atoms with Crippen molar-refractivity contribution in [3.8, 4) is 0 Å². The first-order valence-corrected chi connectivity index (χ1v) is 14.3. The Morgan fingerprint density at radius 1 is 1.03 bits per heavy atom. The third kappa shape index (κ3) is 6.77. The van der Waals surface area contributed by atoms with E-state index in [4.69, 9.17) is 0 Å². The van der Waals surface area contributed by atoms with Gasteiger partial charge in [-0.1, -0.05) is 103 Å². The highest BCUT2D eigenvalue weighted by Gasteiger charge is 2.38. The molecule has 2 N–H and O–H groups in total. The first-order valence-electron chi connectivity index (χ1n) is 14.3. The van der Waals surface area contributed by atoms with Gasteiger partial charge in [-0.05, 0) is 62.1 Å². The zero-order chi connectivity index (χ0) is 27.8. The third-order valence-electron chi connectivity index (χ3n) is 8.06. The molecule has 0 bridgehead atoms. The van der Waals surface area contributed by atoms with Gasteiger partial charge in [-0.3, -0.25) is 4.79 Å². The Morgan fingerprint density at radius 2 is 1.59 bits per heavy atom. The molecule has 3 rings (SSSR count). The van der Waals surface area contributed by atoms with Crippen LogP contribution in [0.2, 0.25) is 0 Å². The van der Waals surface area contributed by atoms with Gasteiger partial charge in [-0.2, -0.15) is 0 Å². The molecule has 1 aliphatic rings. The molecule has 204 valence electrons. The Labute approximate surface area is 226 Å². The molecule has 4 nitrogen and oxygen atoms in total. The molecule has 1 atom stereocenters. The number of hydrogen-bond donors (Lipinski definition) is 2. The van der Waals surface area contributed by atoms with Crippen LogP contribution in [0.1, 0.15) is 117 Å². The summed E-state index contributed by atoms with van der Waals surface area (Å²) in [5.41, 5.74) is 4.08. The van der Waals surface area contributed by atoms with Crippen LogP contribution in [0.4, 0.5) is 0 Å². The standard InChI is InChI=1S/C31H45N3O.C2H6/c1-9-26(28-32-27(21-30(6,7)34(28)8)24-15-13-12-14-16-24)29(35)33-31(10-2,11-3)25-19-17-23(18-20-25)22(4)5;1-2/h12-20,22,27,32H,9-11,21H2,1-8H3,(H,33,35);1-2H3/b28-26+;. The van der Waals surface area contributed by atoms with Gasteiger partial charge in [-0.25, -0.2) is 0 Å². The van der Waals surface area contributed by atoms with Gasteiger partial charge in [0.1, 0.15) is 5.82 Å². The summed E-state index contributed by atoms with van der Waals surface area (Å²) in [5, 5.41) is 7.22. The van der Waals surface area contributed by atoms with Crippen LogP contribution < -0.4 is 10.6 Å². The van der Waals surface area contributed by atoms with E-state index in [2.05, 4.69) is 120 Å². The molecule has 0 spiro atoms. The number of nitrogens with zero attached hydrogens (tertiary/aromatic N) is 1. The van der Waals surface area contributed by atoms with Gasteiger partial charge < -0.3 is 15.5 Å². The van der Waals surface area contributed by atoms with Crippen LogP contribution >= 0.6 is 0 Å². The van der Waals surface area contributed by atoms with E-state index in [1.807, 2.05) is 19.9 Å². The molecule has 1 aliphatic heterocycles. The van der Waals surface area contributed by atoms with Gasteiger partial charge in [0.05, 0.1) is 17.2 Å². The third-order valence-corrected chi connectivity index (χ3v) is 8.06. The summed E-state index contributed by atoms with van der Waals surface area (Å²) < 4.78 is 0. The van der Waals surface area contributed by atoms with Crippen LogP contribution in [0.5, 0.6) is 0 Å². The summed E-state index contributed by atoms with van der Waals surface area (Å²) in [6, 6.07) is 19.5. The van der Waals surface area contributed by atoms with E-state index in [1.165, 1.54) is 16.7 Å². The van der Waals surface area contributed by atoms with Crippen LogP contribution in [-0.4, -0.2) is 23.4 Å². The fourth-order valence-corrected chi connectivity index (χ4v) is 5.25.